The van der Waals surface area contributed by atoms with Crippen molar-refractivity contribution in [3.8, 4) is 0 Å². The van der Waals surface area contributed by atoms with Crippen LogP contribution in [0.25, 0.3) is 0 Å². The zero-order valence-corrected chi connectivity index (χ0v) is 17.3. The highest BCUT2D eigenvalue weighted by Crippen LogP contribution is 2.36. The van der Waals surface area contributed by atoms with Crippen LogP contribution < -0.4 is 4.72 Å². The summed E-state index contributed by atoms with van der Waals surface area (Å²) in [5.41, 5.74) is 1.86. The fraction of sp³-hybridized carbons (Fsp3) is 0.235. The van der Waals surface area contributed by atoms with E-state index in [1.165, 1.54) is 18.2 Å². The van der Waals surface area contributed by atoms with Crippen LogP contribution in [0.2, 0.25) is 5.02 Å². The number of anilines is 1. The van der Waals surface area contributed by atoms with E-state index in [2.05, 4.69) is 9.82 Å². The maximum atomic E-state index is 13.5. The van der Waals surface area contributed by atoms with Crippen LogP contribution in [0.5, 0.6) is 0 Å². The van der Waals surface area contributed by atoms with E-state index in [-0.39, 0.29) is 11.4 Å². The third-order valence-corrected chi connectivity index (χ3v) is 5.95. The van der Waals surface area contributed by atoms with Crippen LogP contribution in [0.1, 0.15) is 23.6 Å². The average molecular weight is 446 g/mol. The van der Waals surface area contributed by atoms with Gasteiger partial charge in [-0.15, -0.1) is 0 Å². The minimum atomic E-state index is -3.71. The molecule has 0 fully saturated rings. The summed E-state index contributed by atoms with van der Waals surface area (Å²) in [5.74, 6) is -0.602. The van der Waals surface area contributed by atoms with Gasteiger partial charge in [-0.3, -0.25) is 4.72 Å². The Labute approximate surface area is 167 Å². The molecule has 1 heterocycles. The molecular weight excluding hydrogens is 429 g/mol. The van der Waals surface area contributed by atoms with Gasteiger partial charge in [-0.1, -0.05) is 29.8 Å². The molecule has 1 unspecified atom stereocenters. The number of benzene rings is 2. The summed E-state index contributed by atoms with van der Waals surface area (Å²) in [4.78, 5) is 0. The molecule has 0 radical (unpaired) electrons. The maximum Gasteiger partial charge on any atom is 0.247 e. The molecule has 0 bridgehead atoms. The van der Waals surface area contributed by atoms with Crippen molar-refractivity contribution < 1.29 is 21.2 Å². The average Bonchev–Trinajstić information content (AvgIpc) is 3.02. The van der Waals surface area contributed by atoms with Gasteiger partial charge in [0.2, 0.25) is 20.0 Å². The lowest BCUT2D eigenvalue weighted by atomic mass is 9.99. The largest absolute Gasteiger partial charge is 0.284 e. The van der Waals surface area contributed by atoms with Gasteiger partial charge in [0, 0.05) is 12.1 Å². The fourth-order valence-electron chi connectivity index (χ4n) is 2.91. The summed E-state index contributed by atoms with van der Waals surface area (Å²) in [6.45, 7) is 0. The van der Waals surface area contributed by atoms with Crippen molar-refractivity contribution in [3.05, 3.63) is 64.4 Å². The van der Waals surface area contributed by atoms with E-state index in [9.17, 15) is 21.2 Å². The second-order valence-corrected chi connectivity index (χ2v) is 10.4. The van der Waals surface area contributed by atoms with Gasteiger partial charge in [0.25, 0.3) is 0 Å². The van der Waals surface area contributed by atoms with Crippen LogP contribution in [-0.4, -0.2) is 39.5 Å². The van der Waals surface area contributed by atoms with Crippen molar-refractivity contribution in [2.24, 2.45) is 5.10 Å². The molecule has 28 heavy (non-hydrogen) atoms. The third kappa shape index (κ3) is 4.62. The minimum Gasteiger partial charge on any atom is -0.284 e. The molecule has 2 aromatic rings. The van der Waals surface area contributed by atoms with E-state index in [0.29, 0.717) is 22.5 Å². The molecule has 0 saturated carbocycles. The van der Waals surface area contributed by atoms with Crippen LogP contribution in [0.15, 0.2) is 47.6 Å². The summed E-state index contributed by atoms with van der Waals surface area (Å²) in [6, 6.07) is 9.81. The van der Waals surface area contributed by atoms with Crippen LogP contribution in [0.4, 0.5) is 10.1 Å². The van der Waals surface area contributed by atoms with Crippen molar-refractivity contribution in [1.29, 1.82) is 0 Å². The van der Waals surface area contributed by atoms with Crippen molar-refractivity contribution in [3.63, 3.8) is 0 Å². The number of hydrogen-bond donors (Lipinski definition) is 1. The maximum absolute atomic E-state index is 13.5. The second-order valence-electron chi connectivity index (χ2n) is 6.43. The number of sulfonamides is 2. The van der Waals surface area contributed by atoms with Gasteiger partial charge in [-0.25, -0.2) is 21.2 Å². The van der Waals surface area contributed by atoms with E-state index in [1.807, 2.05) is 0 Å². The number of nitrogens with one attached hydrogen (secondary N) is 1. The zero-order chi connectivity index (χ0) is 20.7. The summed E-state index contributed by atoms with van der Waals surface area (Å²) in [6.07, 6.45) is 2.28. The molecule has 1 aliphatic rings. The van der Waals surface area contributed by atoms with Crippen LogP contribution in [0, 0.1) is 5.82 Å². The summed E-state index contributed by atoms with van der Waals surface area (Å²) in [7, 11) is -7.17. The second kappa shape index (κ2) is 7.34. The van der Waals surface area contributed by atoms with E-state index in [4.69, 9.17) is 11.6 Å². The fourth-order valence-corrected chi connectivity index (χ4v) is 4.56. The van der Waals surface area contributed by atoms with Crippen molar-refractivity contribution in [2.45, 2.75) is 12.5 Å². The Hall–Kier alpha value is -2.17. The first-order valence-corrected chi connectivity index (χ1v) is 12.2. The smallest absolute Gasteiger partial charge is 0.247 e. The standard InChI is InChI=1S/C17H17ClFN3O4S2/c1-27(23,24)21-13-5-3-4-11(8-13)16-10-17(22(20-16)28(2,25)26)12-6-7-15(19)14(18)9-12/h3-9,17,21H,10H2,1-2H3. The quantitative estimate of drug-likeness (QED) is 0.765. The van der Waals surface area contributed by atoms with Gasteiger partial charge < -0.3 is 0 Å². The van der Waals surface area contributed by atoms with E-state index < -0.39 is 31.9 Å². The Bertz CT molecular complexity index is 1170. The highest BCUT2D eigenvalue weighted by atomic mass is 35.5. The zero-order valence-electron chi connectivity index (χ0n) is 14.9. The molecule has 0 amide bonds. The Morgan fingerprint density at radius 1 is 1.14 bits per heavy atom. The molecular formula is C17H17ClFN3O4S2. The van der Waals surface area contributed by atoms with Crippen LogP contribution >= 0.6 is 11.6 Å². The first-order valence-electron chi connectivity index (χ1n) is 8.04. The van der Waals surface area contributed by atoms with Crippen molar-refractivity contribution in [2.75, 3.05) is 17.2 Å². The van der Waals surface area contributed by atoms with Crippen molar-refractivity contribution in [1.82, 2.24) is 4.41 Å². The molecule has 0 saturated heterocycles. The Morgan fingerprint density at radius 3 is 2.46 bits per heavy atom. The molecule has 0 aromatic heterocycles. The lowest BCUT2D eigenvalue weighted by molar-refractivity contribution is 0.374. The topological polar surface area (TPSA) is 95.9 Å². The van der Waals surface area contributed by atoms with Crippen molar-refractivity contribution >= 4 is 43.0 Å². The Morgan fingerprint density at radius 2 is 1.86 bits per heavy atom. The SMILES string of the molecule is CS(=O)(=O)Nc1cccc(C2=NN(S(C)(=O)=O)C(c3ccc(F)c(Cl)c3)C2)c1. The van der Waals surface area contributed by atoms with Gasteiger partial charge in [0.1, 0.15) is 5.82 Å². The Balaban J connectivity index is 1.99. The molecule has 2 aromatic carbocycles. The lowest BCUT2D eigenvalue weighted by Crippen LogP contribution is -2.25. The third-order valence-electron chi connectivity index (χ3n) is 4.04. The molecule has 150 valence electrons. The molecule has 1 N–H and O–H groups in total. The number of rotatable bonds is 5. The molecule has 11 heteroatoms. The highest BCUT2D eigenvalue weighted by Gasteiger charge is 2.34. The van der Waals surface area contributed by atoms with Gasteiger partial charge in [0.15, 0.2) is 0 Å². The van der Waals surface area contributed by atoms with Gasteiger partial charge in [-0.2, -0.15) is 9.52 Å². The van der Waals surface area contributed by atoms with Gasteiger partial charge in [0.05, 0.1) is 29.3 Å². The number of hydrogen-bond acceptors (Lipinski definition) is 5. The predicted molar refractivity (Wildman–Crippen MR) is 107 cm³/mol. The van der Waals surface area contributed by atoms with Crippen LogP contribution in [-0.2, 0) is 20.0 Å². The number of hydrazone groups is 1. The summed E-state index contributed by atoms with van der Waals surface area (Å²) >= 11 is 5.84. The van der Waals surface area contributed by atoms with Gasteiger partial charge in [-0.05, 0) is 35.4 Å². The highest BCUT2D eigenvalue weighted by molar-refractivity contribution is 7.92. The minimum absolute atomic E-state index is 0.112. The van der Waals surface area contributed by atoms with Gasteiger partial charge >= 0.3 is 0 Å². The molecule has 3 rings (SSSR count). The van der Waals surface area contributed by atoms with E-state index in [1.54, 1.807) is 24.3 Å². The molecule has 0 spiro atoms. The molecule has 0 aliphatic carbocycles. The van der Waals surface area contributed by atoms with E-state index >= 15 is 0 Å². The Kier molecular flexibility index (Phi) is 5.39. The molecule has 7 nitrogen and oxygen atoms in total. The molecule has 1 atom stereocenters. The normalized spacial score (nSPS) is 17.5. The number of halogens is 2. The van der Waals surface area contributed by atoms with Crippen LogP contribution in [0.3, 0.4) is 0 Å². The lowest BCUT2D eigenvalue weighted by Gasteiger charge is -2.21. The van der Waals surface area contributed by atoms with E-state index in [0.717, 1.165) is 16.9 Å². The first-order chi connectivity index (χ1) is 12.9. The summed E-state index contributed by atoms with van der Waals surface area (Å²) < 4.78 is 64.1. The molecule has 1 aliphatic heterocycles. The first kappa shape index (κ1) is 20.6. The monoisotopic (exact) mass is 445 g/mol. The summed E-state index contributed by atoms with van der Waals surface area (Å²) in [5, 5.41) is 4.11. The predicted octanol–water partition coefficient (Wildman–Crippen LogP) is 2.96. The number of nitrogens with zero attached hydrogens (tertiary/aromatic N) is 2.